The molecular weight excluding hydrogens is 242 g/mol. The van der Waals surface area contributed by atoms with E-state index >= 15 is 0 Å². The molecule has 1 aliphatic carbocycles. The van der Waals surface area contributed by atoms with Gasteiger partial charge in [-0.1, -0.05) is 0 Å². The highest BCUT2D eigenvalue weighted by Crippen LogP contribution is 2.30. The van der Waals surface area contributed by atoms with Crippen LogP contribution in [0.15, 0.2) is 30.0 Å². The van der Waals surface area contributed by atoms with Gasteiger partial charge in [-0.25, -0.2) is 4.98 Å². The van der Waals surface area contributed by atoms with Gasteiger partial charge in [-0.15, -0.1) is 11.3 Å². The molecule has 0 spiro atoms. The molecule has 2 aromatic rings. The molecule has 1 fully saturated rings. The summed E-state index contributed by atoms with van der Waals surface area (Å²) in [5.41, 5.74) is 4.47. The molecule has 18 heavy (non-hydrogen) atoms. The van der Waals surface area contributed by atoms with Crippen molar-refractivity contribution in [3.63, 3.8) is 0 Å². The van der Waals surface area contributed by atoms with E-state index in [9.17, 15) is 0 Å². The minimum absolute atomic E-state index is 0.764. The Hall–Kier alpha value is -1.26. The number of aryl methyl sites for hydroxylation is 1. The number of hydrogen-bond acceptors (Lipinski definition) is 4. The summed E-state index contributed by atoms with van der Waals surface area (Å²) in [4.78, 5) is 12.4. The lowest BCUT2D eigenvalue weighted by atomic mass is 10.2. The number of nitrogens with zero attached hydrogens (tertiary/aromatic N) is 3. The Kier molecular flexibility index (Phi) is 3.39. The summed E-state index contributed by atoms with van der Waals surface area (Å²) < 4.78 is 0. The molecule has 94 valence electrons. The second kappa shape index (κ2) is 5.16. The van der Waals surface area contributed by atoms with Crippen LogP contribution in [0.4, 0.5) is 0 Å². The Morgan fingerprint density at radius 3 is 2.67 bits per heavy atom. The van der Waals surface area contributed by atoms with Crippen LogP contribution >= 0.6 is 11.3 Å². The highest BCUT2D eigenvalue weighted by Gasteiger charge is 2.29. The SMILES string of the molecule is Cc1ncsc1CN(Cc1ccncc1)C1CC1. The molecule has 4 heteroatoms. The van der Waals surface area contributed by atoms with Crippen LogP contribution in [0.2, 0.25) is 0 Å². The highest BCUT2D eigenvalue weighted by atomic mass is 32.1. The van der Waals surface area contributed by atoms with Crippen LogP contribution in [0.3, 0.4) is 0 Å². The minimum Gasteiger partial charge on any atom is -0.291 e. The monoisotopic (exact) mass is 259 g/mol. The first-order valence-electron chi connectivity index (χ1n) is 6.35. The van der Waals surface area contributed by atoms with Crippen molar-refractivity contribution in [3.8, 4) is 0 Å². The minimum atomic E-state index is 0.764. The van der Waals surface area contributed by atoms with E-state index in [1.165, 1.54) is 29.0 Å². The molecule has 0 radical (unpaired) electrons. The van der Waals surface area contributed by atoms with Crippen molar-refractivity contribution < 1.29 is 0 Å². The molecule has 2 heterocycles. The van der Waals surface area contributed by atoms with E-state index in [0.29, 0.717) is 0 Å². The summed E-state index contributed by atoms with van der Waals surface area (Å²) in [5, 5.41) is 0. The van der Waals surface area contributed by atoms with Gasteiger partial charge >= 0.3 is 0 Å². The second-order valence-corrected chi connectivity index (χ2v) is 5.79. The van der Waals surface area contributed by atoms with Crippen molar-refractivity contribution in [2.24, 2.45) is 0 Å². The molecule has 3 rings (SSSR count). The third-order valence-corrected chi connectivity index (χ3v) is 4.31. The Balaban J connectivity index is 1.71. The molecule has 2 aromatic heterocycles. The third kappa shape index (κ3) is 2.76. The molecule has 0 bridgehead atoms. The number of thiazole rings is 1. The largest absolute Gasteiger partial charge is 0.291 e. The number of hydrogen-bond donors (Lipinski definition) is 0. The lowest BCUT2D eigenvalue weighted by Crippen LogP contribution is -2.24. The van der Waals surface area contributed by atoms with Crippen LogP contribution in [-0.4, -0.2) is 20.9 Å². The van der Waals surface area contributed by atoms with Gasteiger partial charge in [-0.2, -0.15) is 0 Å². The Labute approximate surface area is 112 Å². The van der Waals surface area contributed by atoms with E-state index in [2.05, 4.69) is 33.9 Å². The normalized spacial score (nSPS) is 15.2. The third-order valence-electron chi connectivity index (χ3n) is 3.39. The molecule has 0 atom stereocenters. The quantitative estimate of drug-likeness (QED) is 0.826. The number of rotatable bonds is 5. The Bertz CT molecular complexity index is 505. The van der Waals surface area contributed by atoms with Crippen molar-refractivity contribution in [1.82, 2.24) is 14.9 Å². The molecule has 3 nitrogen and oxygen atoms in total. The van der Waals surface area contributed by atoms with Crippen molar-refractivity contribution in [3.05, 3.63) is 46.2 Å². The van der Waals surface area contributed by atoms with Gasteiger partial charge in [-0.05, 0) is 37.5 Å². The predicted octanol–water partition coefficient (Wildman–Crippen LogP) is 3.01. The molecule has 0 aromatic carbocycles. The van der Waals surface area contributed by atoms with Gasteiger partial charge in [0.1, 0.15) is 0 Å². The van der Waals surface area contributed by atoms with E-state index < -0.39 is 0 Å². The van der Waals surface area contributed by atoms with Crippen LogP contribution in [0.25, 0.3) is 0 Å². The fourth-order valence-electron chi connectivity index (χ4n) is 2.14. The van der Waals surface area contributed by atoms with Crippen molar-refractivity contribution >= 4 is 11.3 Å². The molecule has 0 aliphatic heterocycles. The summed E-state index contributed by atoms with van der Waals surface area (Å²) in [7, 11) is 0. The molecule has 0 unspecified atom stereocenters. The molecule has 1 saturated carbocycles. The molecule has 0 saturated heterocycles. The molecule has 0 amide bonds. The van der Waals surface area contributed by atoms with E-state index in [-0.39, 0.29) is 0 Å². The maximum absolute atomic E-state index is 4.34. The van der Waals surface area contributed by atoms with Crippen LogP contribution in [-0.2, 0) is 13.1 Å². The zero-order chi connectivity index (χ0) is 12.4. The highest BCUT2D eigenvalue weighted by molar-refractivity contribution is 7.09. The van der Waals surface area contributed by atoms with Crippen LogP contribution in [0.5, 0.6) is 0 Å². The van der Waals surface area contributed by atoms with Crippen molar-refractivity contribution in [2.75, 3.05) is 0 Å². The standard InChI is InChI=1S/C14H17N3S/c1-11-14(18-10-16-11)9-17(13-2-3-13)8-12-4-6-15-7-5-12/h4-7,10,13H,2-3,8-9H2,1H3. The number of aromatic nitrogens is 2. The Morgan fingerprint density at radius 1 is 1.28 bits per heavy atom. The molecule has 0 N–H and O–H groups in total. The summed E-state index contributed by atoms with van der Waals surface area (Å²) in [6.45, 7) is 4.15. The number of pyridine rings is 1. The van der Waals surface area contributed by atoms with Gasteiger partial charge in [0.2, 0.25) is 0 Å². The summed E-state index contributed by atoms with van der Waals surface area (Å²) in [5.74, 6) is 0. The molecular formula is C14H17N3S. The van der Waals surface area contributed by atoms with Gasteiger partial charge in [-0.3, -0.25) is 9.88 Å². The van der Waals surface area contributed by atoms with Crippen molar-refractivity contribution in [1.29, 1.82) is 0 Å². The predicted molar refractivity (Wildman–Crippen MR) is 73.4 cm³/mol. The van der Waals surface area contributed by atoms with Gasteiger partial charge in [0, 0.05) is 36.4 Å². The first-order valence-corrected chi connectivity index (χ1v) is 7.23. The zero-order valence-electron chi connectivity index (χ0n) is 10.5. The lowest BCUT2D eigenvalue weighted by molar-refractivity contribution is 0.247. The smallest absolute Gasteiger partial charge is 0.0798 e. The first kappa shape index (κ1) is 11.8. The van der Waals surface area contributed by atoms with Crippen LogP contribution in [0.1, 0.15) is 29.0 Å². The average Bonchev–Trinajstić information content (AvgIpc) is 3.16. The molecule has 1 aliphatic rings. The van der Waals surface area contributed by atoms with Gasteiger partial charge in [0.25, 0.3) is 0 Å². The fraction of sp³-hybridized carbons (Fsp3) is 0.429. The summed E-state index contributed by atoms with van der Waals surface area (Å²) in [6, 6.07) is 4.98. The first-order chi connectivity index (χ1) is 8.83. The maximum Gasteiger partial charge on any atom is 0.0798 e. The Morgan fingerprint density at radius 2 is 2.06 bits per heavy atom. The van der Waals surface area contributed by atoms with Gasteiger partial charge in [0.05, 0.1) is 11.2 Å². The van der Waals surface area contributed by atoms with E-state index in [1.807, 2.05) is 17.9 Å². The summed E-state index contributed by atoms with van der Waals surface area (Å²) >= 11 is 1.77. The van der Waals surface area contributed by atoms with E-state index in [4.69, 9.17) is 0 Å². The summed E-state index contributed by atoms with van der Waals surface area (Å²) in [6.07, 6.45) is 6.42. The van der Waals surface area contributed by atoms with Gasteiger partial charge < -0.3 is 0 Å². The second-order valence-electron chi connectivity index (χ2n) is 4.85. The van der Waals surface area contributed by atoms with Crippen LogP contribution < -0.4 is 0 Å². The fourth-order valence-corrected chi connectivity index (χ4v) is 2.94. The van der Waals surface area contributed by atoms with E-state index in [1.54, 1.807) is 11.3 Å². The van der Waals surface area contributed by atoms with E-state index in [0.717, 1.165) is 19.1 Å². The zero-order valence-corrected chi connectivity index (χ0v) is 11.4. The topological polar surface area (TPSA) is 29.0 Å². The lowest BCUT2D eigenvalue weighted by Gasteiger charge is -2.21. The van der Waals surface area contributed by atoms with Crippen molar-refractivity contribution in [2.45, 2.75) is 38.9 Å². The van der Waals surface area contributed by atoms with Crippen LogP contribution in [0, 0.1) is 6.92 Å². The average molecular weight is 259 g/mol. The van der Waals surface area contributed by atoms with Gasteiger partial charge in [0.15, 0.2) is 0 Å². The maximum atomic E-state index is 4.34.